The third-order valence-corrected chi connectivity index (χ3v) is 5.48. The zero-order valence-electron chi connectivity index (χ0n) is 15.8. The highest BCUT2D eigenvalue weighted by Gasteiger charge is 2.20. The Labute approximate surface area is 184 Å². The van der Waals surface area contributed by atoms with Crippen molar-refractivity contribution in [3.05, 3.63) is 64.6 Å². The van der Waals surface area contributed by atoms with E-state index in [4.69, 9.17) is 27.9 Å². The van der Waals surface area contributed by atoms with Gasteiger partial charge < -0.3 is 4.74 Å². The molecule has 1 heterocycles. The number of benzene rings is 2. The Hall–Kier alpha value is -2.68. The minimum absolute atomic E-state index is 0.0810. The Morgan fingerprint density at radius 1 is 0.933 bits per heavy atom. The molecule has 0 fully saturated rings. The number of nitrogens with one attached hydrogen (secondary N) is 1. The molecular weight excluding hydrogens is 449 g/mol. The van der Waals surface area contributed by atoms with Crippen LogP contribution in [0.3, 0.4) is 0 Å². The fraction of sp³-hybridized carbons (Fsp3) is 0.150. The number of hydrogen-bond donors (Lipinski definition) is 1. The largest absolute Gasteiger partial charge is 0.465 e. The Morgan fingerprint density at radius 3 is 1.83 bits per heavy atom. The van der Waals surface area contributed by atoms with E-state index in [-0.39, 0.29) is 12.6 Å². The normalized spacial score (nSPS) is 11.2. The molecular formula is C20H17Cl2N3O4S. The maximum atomic E-state index is 12.3. The molecule has 0 saturated heterocycles. The van der Waals surface area contributed by atoms with Crippen molar-refractivity contribution in [3.63, 3.8) is 0 Å². The van der Waals surface area contributed by atoms with Crippen molar-refractivity contribution in [1.82, 2.24) is 9.97 Å². The summed E-state index contributed by atoms with van der Waals surface area (Å²) in [6.07, 6.45) is 0. The fourth-order valence-electron chi connectivity index (χ4n) is 2.56. The van der Waals surface area contributed by atoms with E-state index in [9.17, 15) is 13.2 Å². The highest BCUT2D eigenvalue weighted by Crippen LogP contribution is 2.27. The second-order valence-corrected chi connectivity index (χ2v) is 8.74. The number of anilines is 1. The van der Waals surface area contributed by atoms with Crippen LogP contribution in [0.4, 0.5) is 5.95 Å². The van der Waals surface area contributed by atoms with Crippen molar-refractivity contribution in [2.75, 3.05) is 17.1 Å². The fourth-order valence-corrected chi connectivity index (χ4v) is 3.65. The first-order valence-corrected chi connectivity index (χ1v) is 11.2. The van der Waals surface area contributed by atoms with E-state index in [1.165, 1.54) is 0 Å². The molecule has 7 nitrogen and oxygen atoms in total. The summed E-state index contributed by atoms with van der Waals surface area (Å²) in [6, 6.07) is 15.5. The Balaban J connectivity index is 2.02. The monoisotopic (exact) mass is 465 g/mol. The van der Waals surface area contributed by atoms with E-state index >= 15 is 0 Å². The number of esters is 1. The third-order valence-electron chi connectivity index (χ3n) is 3.87. The number of ether oxygens (including phenoxy) is 1. The van der Waals surface area contributed by atoms with Crippen molar-refractivity contribution < 1.29 is 17.9 Å². The number of nitrogens with zero attached hydrogens (tertiary/aromatic N) is 2. The molecule has 1 N–H and O–H groups in total. The van der Waals surface area contributed by atoms with Gasteiger partial charge in [-0.1, -0.05) is 47.5 Å². The van der Waals surface area contributed by atoms with E-state index < -0.39 is 21.7 Å². The second-order valence-electron chi connectivity index (χ2n) is 6.14. The van der Waals surface area contributed by atoms with Crippen LogP contribution in [0, 0.1) is 0 Å². The van der Waals surface area contributed by atoms with Crippen LogP contribution in [0.1, 0.15) is 6.92 Å². The summed E-state index contributed by atoms with van der Waals surface area (Å²) in [4.78, 5) is 20.2. The van der Waals surface area contributed by atoms with Gasteiger partial charge in [-0.15, -0.1) is 0 Å². The highest BCUT2D eigenvalue weighted by atomic mass is 35.5. The average Bonchev–Trinajstić information content (AvgIpc) is 2.68. The predicted molar refractivity (Wildman–Crippen MR) is 117 cm³/mol. The van der Waals surface area contributed by atoms with E-state index in [0.29, 0.717) is 32.6 Å². The van der Waals surface area contributed by atoms with E-state index in [2.05, 4.69) is 14.7 Å². The Bertz CT molecular complexity index is 1090. The lowest BCUT2D eigenvalue weighted by Crippen LogP contribution is -2.25. The van der Waals surface area contributed by atoms with Crippen molar-refractivity contribution >= 4 is 45.1 Å². The molecule has 0 bridgehead atoms. The molecule has 0 aliphatic carbocycles. The van der Waals surface area contributed by atoms with E-state index in [1.54, 1.807) is 61.5 Å². The standard InChI is InChI=1S/C20H17Cl2N3O4S/c1-2-29-19(26)12-30(27,28)25-20-23-17(13-3-7-15(21)8-4-13)11-18(24-20)14-5-9-16(22)10-6-14/h3-11H,2,12H2,1H3,(H,23,24,25). The average molecular weight is 466 g/mol. The Morgan fingerprint density at radius 2 is 1.40 bits per heavy atom. The molecule has 0 radical (unpaired) electrons. The quantitative estimate of drug-likeness (QED) is 0.518. The van der Waals surface area contributed by atoms with Crippen LogP contribution in [0.2, 0.25) is 10.0 Å². The van der Waals surface area contributed by atoms with Gasteiger partial charge in [0.25, 0.3) is 0 Å². The van der Waals surface area contributed by atoms with Crippen molar-refractivity contribution in [1.29, 1.82) is 0 Å². The van der Waals surface area contributed by atoms with Gasteiger partial charge in [0.2, 0.25) is 16.0 Å². The van der Waals surface area contributed by atoms with Gasteiger partial charge in [-0.3, -0.25) is 9.52 Å². The third kappa shape index (κ3) is 5.91. The molecule has 0 aliphatic rings. The molecule has 156 valence electrons. The van der Waals surface area contributed by atoms with Gasteiger partial charge in [0, 0.05) is 21.2 Å². The topological polar surface area (TPSA) is 98.2 Å². The van der Waals surface area contributed by atoms with Crippen LogP contribution >= 0.6 is 23.2 Å². The lowest BCUT2D eigenvalue weighted by atomic mass is 10.1. The predicted octanol–water partition coefficient (Wildman–Crippen LogP) is 4.42. The maximum Gasteiger partial charge on any atom is 0.323 e. The number of halogens is 2. The van der Waals surface area contributed by atoms with Crippen LogP contribution in [-0.4, -0.2) is 36.7 Å². The lowest BCUT2D eigenvalue weighted by Gasteiger charge is -2.11. The summed E-state index contributed by atoms with van der Waals surface area (Å²) in [5.74, 6) is -1.88. The SMILES string of the molecule is CCOC(=O)CS(=O)(=O)Nc1nc(-c2ccc(Cl)cc2)cc(-c2ccc(Cl)cc2)n1. The molecule has 0 unspecified atom stereocenters. The minimum atomic E-state index is -4.06. The Kier molecular flexibility index (Phi) is 6.91. The number of aromatic nitrogens is 2. The minimum Gasteiger partial charge on any atom is -0.465 e. The summed E-state index contributed by atoms with van der Waals surface area (Å²) in [6.45, 7) is 1.67. The number of sulfonamides is 1. The first kappa shape index (κ1) is 22.0. The van der Waals surface area contributed by atoms with Gasteiger partial charge in [-0.05, 0) is 37.3 Å². The van der Waals surface area contributed by atoms with E-state index in [1.807, 2.05) is 0 Å². The van der Waals surface area contributed by atoms with Crippen LogP contribution in [0.5, 0.6) is 0 Å². The summed E-state index contributed by atoms with van der Waals surface area (Å²) in [7, 11) is -4.06. The number of hydrogen-bond acceptors (Lipinski definition) is 6. The molecule has 10 heteroatoms. The van der Waals surface area contributed by atoms with Crippen molar-refractivity contribution in [2.24, 2.45) is 0 Å². The molecule has 0 saturated carbocycles. The van der Waals surface area contributed by atoms with Crippen LogP contribution in [0.15, 0.2) is 54.6 Å². The van der Waals surface area contributed by atoms with Crippen molar-refractivity contribution in [2.45, 2.75) is 6.92 Å². The van der Waals surface area contributed by atoms with Gasteiger partial charge in [-0.25, -0.2) is 18.4 Å². The molecule has 1 aromatic heterocycles. The number of rotatable bonds is 7. The molecule has 30 heavy (non-hydrogen) atoms. The molecule has 0 atom stereocenters. The van der Waals surface area contributed by atoms with Gasteiger partial charge in [0.05, 0.1) is 18.0 Å². The van der Waals surface area contributed by atoms with Crippen LogP contribution in [0.25, 0.3) is 22.5 Å². The lowest BCUT2D eigenvalue weighted by molar-refractivity contribution is -0.139. The summed E-state index contributed by atoms with van der Waals surface area (Å²) in [5.41, 5.74) is 2.37. The summed E-state index contributed by atoms with van der Waals surface area (Å²) in [5, 5.41) is 1.11. The van der Waals surface area contributed by atoms with Gasteiger partial charge in [0.15, 0.2) is 5.75 Å². The molecule has 3 aromatic rings. The first-order chi connectivity index (χ1) is 14.3. The molecule has 0 amide bonds. The summed E-state index contributed by atoms with van der Waals surface area (Å²) < 4.78 is 31.6. The van der Waals surface area contributed by atoms with Crippen LogP contribution in [-0.2, 0) is 19.6 Å². The second kappa shape index (κ2) is 9.42. The number of carbonyl (C=O) groups is 1. The summed E-state index contributed by atoms with van der Waals surface area (Å²) >= 11 is 11.9. The smallest absolute Gasteiger partial charge is 0.323 e. The van der Waals surface area contributed by atoms with Gasteiger partial charge in [0.1, 0.15) is 0 Å². The van der Waals surface area contributed by atoms with Gasteiger partial charge in [-0.2, -0.15) is 0 Å². The molecule has 3 rings (SSSR count). The van der Waals surface area contributed by atoms with Crippen molar-refractivity contribution in [3.8, 4) is 22.5 Å². The van der Waals surface area contributed by atoms with Crippen LogP contribution < -0.4 is 4.72 Å². The first-order valence-electron chi connectivity index (χ1n) is 8.83. The molecule has 0 aliphatic heterocycles. The zero-order chi connectivity index (χ0) is 21.7. The molecule has 0 spiro atoms. The zero-order valence-corrected chi connectivity index (χ0v) is 18.1. The maximum absolute atomic E-state index is 12.3. The van der Waals surface area contributed by atoms with Gasteiger partial charge >= 0.3 is 5.97 Å². The number of carbonyl (C=O) groups excluding carboxylic acids is 1. The van der Waals surface area contributed by atoms with E-state index in [0.717, 1.165) is 0 Å². The molecule has 2 aromatic carbocycles. The highest BCUT2D eigenvalue weighted by molar-refractivity contribution is 7.93.